The maximum absolute atomic E-state index is 12.7. The SMILES string of the molecule is O=C(/C=C(\NC(=O)C1CC1)C(=O)c1ccccc1)c1ccccc1. The van der Waals surface area contributed by atoms with Crippen LogP contribution in [0.2, 0.25) is 0 Å². The molecule has 2 aromatic rings. The zero-order chi connectivity index (χ0) is 16.9. The second kappa shape index (κ2) is 7.04. The van der Waals surface area contributed by atoms with Crippen LogP contribution in [-0.2, 0) is 4.79 Å². The summed E-state index contributed by atoms with van der Waals surface area (Å²) >= 11 is 0. The normalized spacial score (nSPS) is 14.1. The second-order valence-electron chi connectivity index (χ2n) is 5.75. The Bertz CT molecular complexity index is 790. The average Bonchev–Trinajstić information content (AvgIpc) is 3.47. The summed E-state index contributed by atoms with van der Waals surface area (Å²) in [6, 6.07) is 17.3. The van der Waals surface area contributed by atoms with E-state index in [1.54, 1.807) is 54.6 Å². The average molecular weight is 319 g/mol. The lowest BCUT2D eigenvalue weighted by atomic mass is 10.0. The number of rotatable bonds is 6. The second-order valence-corrected chi connectivity index (χ2v) is 5.75. The minimum atomic E-state index is -0.367. The van der Waals surface area contributed by atoms with Gasteiger partial charge in [0.05, 0.1) is 5.70 Å². The number of nitrogens with one attached hydrogen (secondary N) is 1. The first kappa shape index (κ1) is 15.9. The van der Waals surface area contributed by atoms with Crippen molar-refractivity contribution in [2.24, 2.45) is 5.92 Å². The molecule has 3 rings (SSSR count). The van der Waals surface area contributed by atoms with Gasteiger partial charge in [0.15, 0.2) is 5.78 Å². The summed E-state index contributed by atoms with van der Waals surface area (Å²) in [6.07, 6.45) is 2.86. The number of carbonyl (C=O) groups is 3. The van der Waals surface area contributed by atoms with E-state index in [-0.39, 0.29) is 29.1 Å². The molecular weight excluding hydrogens is 302 g/mol. The van der Waals surface area contributed by atoms with Gasteiger partial charge in [-0.1, -0.05) is 60.7 Å². The van der Waals surface area contributed by atoms with Crippen molar-refractivity contribution in [2.75, 3.05) is 0 Å². The molecule has 0 aliphatic heterocycles. The highest BCUT2D eigenvalue weighted by Gasteiger charge is 2.31. The molecule has 4 heteroatoms. The minimum Gasteiger partial charge on any atom is -0.322 e. The maximum atomic E-state index is 12.7. The van der Waals surface area contributed by atoms with Crippen molar-refractivity contribution >= 4 is 17.5 Å². The Hall–Kier alpha value is -3.01. The van der Waals surface area contributed by atoms with Gasteiger partial charge in [-0.05, 0) is 12.8 Å². The first-order valence-corrected chi connectivity index (χ1v) is 7.87. The summed E-state index contributed by atoms with van der Waals surface area (Å²) in [7, 11) is 0. The van der Waals surface area contributed by atoms with E-state index in [1.807, 2.05) is 6.07 Å². The van der Waals surface area contributed by atoms with Crippen LogP contribution in [-0.4, -0.2) is 17.5 Å². The molecule has 2 aromatic carbocycles. The first-order chi connectivity index (χ1) is 11.6. The number of hydrogen-bond acceptors (Lipinski definition) is 3. The van der Waals surface area contributed by atoms with E-state index in [9.17, 15) is 14.4 Å². The fraction of sp³-hybridized carbons (Fsp3) is 0.150. The quantitative estimate of drug-likeness (QED) is 0.657. The maximum Gasteiger partial charge on any atom is 0.227 e. The topological polar surface area (TPSA) is 63.2 Å². The summed E-state index contributed by atoms with van der Waals surface area (Å²) in [5.74, 6) is -0.935. The molecule has 1 amide bonds. The smallest absolute Gasteiger partial charge is 0.227 e. The molecule has 120 valence electrons. The van der Waals surface area contributed by atoms with E-state index in [0.29, 0.717) is 11.1 Å². The van der Waals surface area contributed by atoms with Crippen LogP contribution < -0.4 is 5.32 Å². The number of benzene rings is 2. The van der Waals surface area contributed by atoms with Crippen LogP contribution in [0.1, 0.15) is 33.6 Å². The molecule has 0 heterocycles. The zero-order valence-corrected chi connectivity index (χ0v) is 13.1. The predicted molar refractivity (Wildman–Crippen MR) is 90.5 cm³/mol. The molecule has 1 fully saturated rings. The molecular formula is C20H17NO3. The summed E-state index contributed by atoms with van der Waals surface area (Å²) < 4.78 is 0. The third-order valence-electron chi connectivity index (χ3n) is 3.82. The number of hydrogen-bond donors (Lipinski definition) is 1. The molecule has 1 saturated carbocycles. The lowest BCUT2D eigenvalue weighted by molar-refractivity contribution is -0.121. The van der Waals surface area contributed by atoms with Crippen LogP contribution in [0.5, 0.6) is 0 Å². The Labute approximate surface area is 140 Å². The van der Waals surface area contributed by atoms with Crippen molar-refractivity contribution < 1.29 is 14.4 Å². The monoisotopic (exact) mass is 319 g/mol. The van der Waals surface area contributed by atoms with E-state index in [2.05, 4.69) is 5.32 Å². The summed E-state index contributed by atoms with van der Waals surface area (Å²) in [4.78, 5) is 37.1. The number of amides is 1. The Morgan fingerprint density at radius 1 is 0.833 bits per heavy atom. The Balaban J connectivity index is 1.89. The van der Waals surface area contributed by atoms with Crippen molar-refractivity contribution in [2.45, 2.75) is 12.8 Å². The molecule has 1 aliphatic rings. The van der Waals surface area contributed by atoms with Gasteiger partial charge in [-0.2, -0.15) is 0 Å². The molecule has 0 atom stereocenters. The molecule has 0 radical (unpaired) electrons. The van der Waals surface area contributed by atoms with Gasteiger partial charge in [0.25, 0.3) is 0 Å². The number of allylic oxidation sites excluding steroid dienone is 2. The third kappa shape index (κ3) is 3.84. The van der Waals surface area contributed by atoms with Gasteiger partial charge < -0.3 is 5.32 Å². The van der Waals surface area contributed by atoms with Crippen molar-refractivity contribution in [1.82, 2.24) is 5.32 Å². The fourth-order valence-corrected chi connectivity index (χ4v) is 2.30. The van der Waals surface area contributed by atoms with Gasteiger partial charge in [-0.25, -0.2) is 0 Å². The van der Waals surface area contributed by atoms with Crippen LogP contribution in [0.25, 0.3) is 0 Å². The Morgan fingerprint density at radius 2 is 1.38 bits per heavy atom. The minimum absolute atomic E-state index is 0.0203. The highest BCUT2D eigenvalue weighted by molar-refractivity contribution is 6.16. The van der Waals surface area contributed by atoms with Crippen LogP contribution >= 0.6 is 0 Å². The summed E-state index contributed by atoms with van der Waals surface area (Å²) in [5, 5.41) is 2.63. The standard InChI is InChI=1S/C20H17NO3/c22-18(14-7-3-1-4-8-14)13-17(21-20(24)16-11-12-16)19(23)15-9-5-2-6-10-15/h1-10,13,16H,11-12H2,(H,21,24)/b17-13-. The zero-order valence-electron chi connectivity index (χ0n) is 13.1. The van der Waals surface area contributed by atoms with Gasteiger partial charge in [0, 0.05) is 23.1 Å². The van der Waals surface area contributed by atoms with Gasteiger partial charge in [-0.15, -0.1) is 0 Å². The molecule has 1 aliphatic carbocycles. The van der Waals surface area contributed by atoms with Gasteiger partial charge in [0.2, 0.25) is 11.7 Å². The lowest BCUT2D eigenvalue weighted by Gasteiger charge is -2.09. The van der Waals surface area contributed by atoms with Crippen LogP contribution in [0.15, 0.2) is 72.4 Å². The summed E-state index contributed by atoms with van der Waals surface area (Å²) in [6.45, 7) is 0. The van der Waals surface area contributed by atoms with E-state index >= 15 is 0 Å². The Kier molecular flexibility index (Phi) is 4.66. The Morgan fingerprint density at radius 3 is 1.92 bits per heavy atom. The molecule has 0 unspecified atom stereocenters. The fourth-order valence-electron chi connectivity index (χ4n) is 2.30. The number of carbonyl (C=O) groups excluding carboxylic acids is 3. The van der Waals surface area contributed by atoms with E-state index in [1.165, 1.54) is 6.08 Å². The molecule has 0 bridgehead atoms. The number of Topliss-reactive ketones (excluding diaryl/α,β-unsaturated/α-hetero) is 1. The molecule has 0 saturated heterocycles. The van der Waals surface area contributed by atoms with E-state index < -0.39 is 0 Å². The molecule has 0 aromatic heterocycles. The lowest BCUT2D eigenvalue weighted by Crippen LogP contribution is -2.29. The van der Waals surface area contributed by atoms with Crippen molar-refractivity contribution in [3.8, 4) is 0 Å². The largest absolute Gasteiger partial charge is 0.322 e. The summed E-state index contributed by atoms with van der Waals surface area (Å²) in [5.41, 5.74) is 0.921. The van der Waals surface area contributed by atoms with Gasteiger partial charge in [-0.3, -0.25) is 14.4 Å². The van der Waals surface area contributed by atoms with Gasteiger partial charge in [0.1, 0.15) is 0 Å². The molecule has 24 heavy (non-hydrogen) atoms. The van der Waals surface area contributed by atoms with Crippen LogP contribution in [0.3, 0.4) is 0 Å². The molecule has 1 N–H and O–H groups in total. The van der Waals surface area contributed by atoms with Crippen molar-refractivity contribution in [3.63, 3.8) is 0 Å². The molecule has 4 nitrogen and oxygen atoms in total. The van der Waals surface area contributed by atoms with Crippen LogP contribution in [0.4, 0.5) is 0 Å². The molecule has 0 spiro atoms. The van der Waals surface area contributed by atoms with Crippen molar-refractivity contribution in [1.29, 1.82) is 0 Å². The van der Waals surface area contributed by atoms with Crippen LogP contribution in [0, 0.1) is 5.92 Å². The van der Waals surface area contributed by atoms with E-state index in [4.69, 9.17) is 0 Å². The third-order valence-corrected chi connectivity index (χ3v) is 3.82. The highest BCUT2D eigenvalue weighted by atomic mass is 16.2. The van der Waals surface area contributed by atoms with Gasteiger partial charge >= 0.3 is 0 Å². The highest BCUT2D eigenvalue weighted by Crippen LogP contribution is 2.29. The number of ketones is 2. The van der Waals surface area contributed by atoms with E-state index in [0.717, 1.165) is 12.8 Å². The van der Waals surface area contributed by atoms with Crippen molar-refractivity contribution in [3.05, 3.63) is 83.6 Å². The first-order valence-electron chi connectivity index (χ1n) is 7.87. The predicted octanol–water partition coefficient (Wildman–Crippen LogP) is 3.16.